The van der Waals surface area contributed by atoms with Crippen molar-refractivity contribution in [3.8, 4) is 18.0 Å². The molecule has 0 radical (unpaired) electrons. The number of aromatic nitrogens is 4. The maximum atomic E-state index is 11.3. The molecule has 0 saturated carbocycles. The zero-order valence-corrected chi connectivity index (χ0v) is 11.6. The van der Waals surface area contributed by atoms with Gasteiger partial charge in [-0.1, -0.05) is 0 Å². The van der Waals surface area contributed by atoms with E-state index in [4.69, 9.17) is 5.26 Å². The van der Waals surface area contributed by atoms with Crippen LogP contribution in [0.3, 0.4) is 0 Å². The molecule has 0 fully saturated rings. The lowest BCUT2D eigenvalue weighted by Crippen LogP contribution is -2.11. The fourth-order valence-corrected chi connectivity index (χ4v) is 2.02. The molecular formula is C12H11N7O2. The third-order valence-corrected chi connectivity index (χ3v) is 2.91. The van der Waals surface area contributed by atoms with Gasteiger partial charge >= 0.3 is 5.69 Å². The van der Waals surface area contributed by atoms with E-state index in [2.05, 4.69) is 10.1 Å². The van der Waals surface area contributed by atoms with E-state index >= 15 is 0 Å². The van der Waals surface area contributed by atoms with Crippen LogP contribution < -0.4 is 0 Å². The summed E-state index contributed by atoms with van der Waals surface area (Å²) in [4.78, 5) is 14.6. The largest absolute Gasteiger partial charge is 0.334 e. The number of imidazole rings is 1. The molecule has 0 saturated heterocycles. The number of nitro groups is 1. The van der Waals surface area contributed by atoms with E-state index in [0.29, 0.717) is 0 Å². The third kappa shape index (κ3) is 2.11. The van der Waals surface area contributed by atoms with E-state index in [0.717, 1.165) is 0 Å². The Morgan fingerprint density at radius 2 is 2.05 bits per heavy atom. The van der Waals surface area contributed by atoms with Crippen molar-refractivity contribution in [2.75, 3.05) is 0 Å². The van der Waals surface area contributed by atoms with Gasteiger partial charge in [-0.05, 0) is 20.8 Å². The molecule has 0 unspecified atom stereocenters. The van der Waals surface area contributed by atoms with Crippen LogP contribution in [0.4, 0.5) is 5.69 Å². The number of rotatable bonds is 3. The molecular weight excluding hydrogens is 274 g/mol. The second-order valence-electron chi connectivity index (χ2n) is 4.59. The van der Waals surface area contributed by atoms with E-state index in [1.165, 1.54) is 22.5 Å². The van der Waals surface area contributed by atoms with E-state index in [1.54, 1.807) is 6.07 Å². The Morgan fingerprint density at radius 3 is 2.52 bits per heavy atom. The summed E-state index contributed by atoms with van der Waals surface area (Å²) in [5, 5.41) is 33.6. The lowest BCUT2D eigenvalue weighted by atomic mass is 10.3. The van der Waals surface area contributed by atoms with Crippen molar-refractivity contribution < 1.29 is 4.92 Å². The minimum Gasteiger partial charge on any atom is -0.267 e. The van der Waals surface area contributed by atoms with Crippen LogP contribution in [-0.2, 0) is 0 Å². The van der Waals surface area contributed by atoms with Crippen molar-refractivity contribution in [2.45, 2.75) is 26.8 Å². The number of nitrogens with zero attached hydrogens (tertiary/aromatic N) is 7. The lowest BCUT2D eigenvalue weighted by Gasteiger charge is -2.10. The first kappa shape index (κ1) is 14.2. The normalized spacial score (nSPS) is 10.4. The van der Waals surface area contributed by atoms with Crippen LogP contribution >= 0.6 is 0 Å². The predicted octanol–water partition coefficient (Wildman–Crippen LogP) is 1.61. The molecule has 2 aromatic rings. The summed E-state index contributed by atoms with van der Waals surface area (Å²) in [5.74, 6) is 0.123. The van der Waals surface area contributed by atoms with Gasteiger partial charge in [-0.25, -0.2) is 9.67 Å². The number of hydrogen-bond acceptors (Lipinski definition) is 6. The van der Waals surface area contributed by atoms with Gasteiger partial charge in [0.15, 0.2) is 11.4 Å². The third-order valence-electron chi connectivity index (χ3n) is 2.91. The molecule has 0 aliphatic rings. The molecule has 9 heteroatoms. The van der Waals surface area contributed by atoms with E-state index in [-0.39, 0.29) is 34.6 Å². The van der Waals surface area contributed by atoms with E-state index < -0.39 is 4.92 Å². The molecule has 0 aliphatic carbocycles. The molecule has 0 bridgehead atoms. The van der Waals surface area contributed by atoms with E-state index in [9.17, 15) is 15.4 Å². The van der Waals surface area contributed by atoms with Crippen LogP contribution in [0.25, 0.3) is 5.82 Å². The Balaban J connectivity index is 2.87. The summed E-state index contributed by atoms with van der Waals surface area (Å²) < 4.78 is 2.67. The Kier molecular flexibility index (Phi) is 3.42. The molecule has 0 aliphatic heterocycles. The van der Waals surface area contributed by atoms with Gasteiger partial charge in [0.25, 0.3) is 0 Å². The van der Waals surface area contributed by atoms with Crippen LogP contribution in [0.15, 0.2) is 6.33 Å². The van der Waals surface area contributed by atoms with Gasteiger partial charge in [-0.3, -0.25) is 14.7 Å². The van der Waals surface area contributed by atoms with Gasteiger partial charge in [0.05, 0.1) is 4.92 Å². The quantitative estimate of drug-likeness (QED) is 0.622. The van der Waals surface area contributed by atoms with Gasteiger partial charge in [-0.15, -0.1) is 0 Å². The minimum atomic E-state index is -0.552. The van der Waals surface area contributed by atoms with Gasteiger partial charge in [0.2, 0.25) is 5.82 Å². The summed E-state index contributed by atoms with van der Waals surface area (Å²) >= 11 is 0. The summed E-state index contributed by atoms with van der Waals surface area (Å²) in [6.45, 7) is 5.15. The Bertz CT molecular complexity index is 801. The zero-order valence-electron chi connectivity index (χ0n) is 11.6. The molecule has 0 aromatic carbocycles. The van der Waals surface area contributed by atoms with Crippen LogP contribution in [-0.4, -0.2) is 24.3 Å². The molecule has 0 atom stereocenters. The maximum absolute atomic E-state index is 11.3. The minimum absolute atomic E-state index is 0.0533. The monoisotopic (exact) mass is 285 g/mol. The van der Waals surface area contributed by atoms with Gasteiger partial charge in [-0.2, -0.15) is 15.6 Å². The predicted molar refractivity (Wildman–Crippen MR) is 70.6 cm³/mol. The highest BCUT2D eigenvalue weighted by Gasteiger charge is 2.30. The van der Waals surface area contributed by atoms with Gasteiger partial charge in [0.1, 0.15) is 24.2 Å². The van der Waals surface area contributed by atoms with E-state index in [1.807, 2.05) is 19.9 Å². The molecule has 2 heterocycles. The van der Waals surface area contributed by atoms with Gasteiger partial charge < -0.3 is 0 Å². The molecule has 2 aromatic heterocycles. The second kappa shape index (κ2) is 5.06. The first-order chi connectivity index (χ1) is 9.92. The average molecular weight is 285 g/mol. The Labute approximate surface area is 119 Å². The zero-order chi connectivity index (χ0) is 15.7. The Morgan fingerprint density at radius 1 is 1.38 bits per heavy atom. The molecule has 2 rings (SSSR count). The highest BCUT2D eigenvalue weighted by Crippen LogP contribution is 2.30. The van der Waals surface area contributed by atoms with Crippen LogP contribution in [0.5, 0.6) is 0 Å². The number of aryl methyl sites for hydroxylation is 1. The molecule has 21 heavy (non-hydrogen) atoms. The lowest BCUT2D eigenvalue weighted by molar-refractivity contribution is -0.385. The van der Waals surface area contributed by atoms with Crippen molar-refractivity contribution in [3.05, 3.63) is 33.5 Å². The second-order valence-corrected chi connectivity index (χ2v) is 4.59. The van der Waals surface area contributed by atoms with Crippen molar-refractivity contribution in [2.24, 2.45) is 0 Å². The molecule has 106 valence electrons. The van der Waals surface area contributed by atoms with Crippen molar-refractivity contribution >= 4 is 5.69 Å². The summed E-state index contributed by atoms with van der Waals surface area (Å²) in [6.07, 6.45) is 1.22. The standard InChI is InChI=1S/C12H11N7O2/c1-7(2)18-12(11(19(20)21)8(3)16-18)17-6-15-9(4-13)10(17)5-14/h6-7H,1-3H3. The SMILES string of the molecule is Cc1nn(C(C)C)c(-n2cnc(C#N)c2C#N)c1[N+](=O)[O-]. The highest BCUT2D eigenvalue weighted by atomic mass is 16.6. The molecule has 0 amide bonds. The average Bonchev–Trinajstić information content (AvgIpc) is 2.97. The van der Waals surface area contributed by atoms with Crippen LogP contribution in [0.1, 0.15) is 37.0 Å². The van der Waals surface area contributed by atoms with Crippen molar-refractivity contribution in [3.63, 3.8) is 0 Å². The first-order valence-electron chi connectivity index (χ1n) is 6.03. The molecule has 0 spiro atoms. The number of hydrogen-bond donors (Lipinski definition) is 0. The Hall–Kier alpha value is -3.20. The first-order valence-corrected chi connectivity index (χ1v) is 6.03. The summed E-state index contributed by atoms with van der Waals surface area (Å²) in [6, 6.07) is 3.48. The summed E-state index contributed by atoms with van der Waals surface area (Å²) in [7, 11) is 0. The number of nitriles is 2. The summed E-state index contributed by atoms with van der Waals surface area (Å²) in [5.41, 5.74) is -0.106. The van der Waals surface area contributed by atoms with Crippen molar-refractivity contribution in [1.82, 2.24) is 19.3 Å². The fraction of sp³-hybridized carbons (Fsp3) is 0.333. The fourth-order valence-electron chi connectivity index (χ4n) is 2.02. The van der Waals surface area contributed by atoms with Gasteiger partial charge in [0, 0.05) is 6.04 Å². The molecule has 0 N–H and O–H groups in total. The highest BCUT2D eigenvalue weighted by molar-refractivity contribution is 5.55. The smallest absolute Gasteiger partial charge is 0.267 e. The van der Waals surface area contributed by atoms with Crippen LogP contribution in [0.2, 0.25) is 0 Å². The van der Waals surface area contributed by atoms with Crippen LogP contribution in [0, 0.1) is 39.7 Å². The maximum Gasteiger partial charge on any atom is 0.334 e. The van der Waals surface area contributed by atoms with Crippen molar-refractivity contribution in [1.29, 1.82) is 10.5 Å². The topological polar surface area (TPSA) is 126 Å². The molecule has 9 nitrogen and oxygen atoms in total.